The zero-order valence-electron chi connectivity index (χ0n) is 26.7. The van der Waals surface area contributed by atoms with Crippen molar-refractivity contribution in [2.75, 3.05) is 12.3 Å². The molecule has 3 aromatic heterocycles. The van der Waals surface area contributed by atoms with Crippen LogP contribution in [-0.2, 0) is 38.5 Å². The normalized spacial score (nSPS) is 31.3. The summed E-state index contributed by atoms with van der Waals surface area (Å²) in [6.07, 6.45) is -14.0. The van der Waals surface area contributed by atoms with Crippen LogP contribution in [0, 0.1) is 0 Å². The van der Waals surface area contributed by atoms with Gasteiger partial charge < -0.3 is 60.2 Å². The van der Waals surface area contributed by atoms with Gasteiger partial charge in [-0.3, -0.25) is 28.0 Å². The van der Waals surface area contributed by atoms with Crippen molar-refractivity contribution in [2.24, 2.45) is 0 Å². The van der Waals surface area contributed by atoms with Crippen molar-refractivity contribution in [1.82, 2.24) is 34.5 Å². The zero-order chi connectivity index (χ0) is 35.1. The predicted octanol–water partition coefficient (Wildman–Crippen LogP) is -10.8. The van der Waals surface area contributed by atoms with Crippen molar-refractivity contribution in [3.8, 4) is 0 Å². The van der Waals surface area contributed by atoms with E-state index in [2.05, 4.69) is 38.6 Å². The van der Waals surface area contributed by atoms with Crippen LogP contribution in [0.5, 0.6) is 0 Å². The molecule has 50 heavy (non-hydrogen) atoms. The van der Waals surface area contributed by atoms with Gasteiger partial charge in [0, 0.05) is 0 Å². The van der Waals surface area contributed by atoms with E-state index >= 15 is 0 Å². The molecule has 5 rings (SSSR count). The summed E-state index contributed by atoms with van der Waals surface area (Å²) in [5.41, 5.74) is 4.70. The summed E-state index contributed by atoms with van der Waals surface area (Å²) in [6, 6.07) is 0. The number of anilines is 1. The van der Waals surface area contributed by atoms with Gasteiger partial charge in [-0.05, 0) is 6.42 Å². The monoisotopic (exact) mass is 772 g/mol. The molecule has 24 nitrogen and oxygen atoms in total. The van der Waals surface area contributed by atoms with Gasteiger partial charge in [0.05, 0.1) is 31.8 Å². The zero-order valence-corrected chi connectivity index (χ0v) is 32.5. The van der Waals surface area contributed by atoms with E-state index < -0.39 is 89.2 Å². The smallest absolute Gasteiger partial charge is 0.756 e. The van der Waals surface area contributed by atoms with Crippen molar-refractivity contribution in [2.45, 2.75) is 87.7 Å². The molecule has 2 aliphatic rings. The van der Waals surface area contributed by atoms with Crippen LogP contribution in [-0.4, -0.2) is 121 Å². The van der Waals surface area contributed by atoms with Crippen LogP contribution in [0.4, 0.5) is 5.95 Å². The van der Waals surface area contributed by atoms with Crippen LogP contribution in [0.25, 0.3) is 11.2 Å². The summed E-state index contributed by atoms with van der Waals surface area (Å²) in [5, 5.41) is 69.5. The number of hydrogen-bond acceptors (Lipinski definition) is 21. The van der Waals surface area contributed by atoms with Gasteiger partial charge in [0.25, 0.3) is 21.2 Å². The summed E-state index contributed by atoms with van der Waals surface area (Å²) in [7, 11) is -11.8. The Morgan fingerprint density at radius 1 is 1.04 bits per heavy atom. The van der Waals surface area contributed by atoms with Gasteiger partial charge in [-0.15, -0.1) is 5.10 Å². The molecule has 9 N–H and O–H groups in total. The van der Waals surface area contributed by atoms with Gasteiger partial charge in [0.2, 0.25) is 5.95 Å². The van der Waals surface area contributed by atoms with Crippen LogP contribution in [0.15, 0.2) is 17.3 Å². The summed E-state index contributed by atoms with van der Waals surface area (Å²) < 4.78 is 51.0. The molecule has 12 atom stereocenters. The average molecular weight is 772 g/mol. The topological polar surface area (TPSA) is 368 Å². The maximum Gasteiger partial charge on any atom is 1.00 e. The Kier molecular flexibility index (Phi) is 15.3. The van der Waals surface area contributed by atoms with E-state index in [0.29, 0.717) is 12.8 Å². The number of ether oxygens (including phenoxy) is 2. The second-order valence-corrected chi connectivity index (χ2v) is 13.8. The van der Waals surface area contributed by atoms with Crippen molar-refractivity contribution < 1.29 is 132 Å². The van der Waals surface area contributed by atoms with Crippen LogP contribution >= 0.6 is 15.6 Å². The number of nitrogens with one attached hydrogen (secondary N) is 1. The Labute approximate surface area is 325 Å². The molecule has 2 aliphatic heterocycles. The third kappa shape index (κ3) is 9.85. The molecule has 0 spiro atoms. The first-order valence-electron chi connectivity index (χ1n) is 14.2. The third-order valence-corrected chi connectivity index (χ3v) is 9.92. The Bertz CT molecular complexity index is 1750. The Hall–Kier alpha value is -0.770. The van der Waals surface area contributed by atoms with Crippen LogP contribution in [0.1, 0.15) is 37.8 Å². The standard InChI is InChI=1S/C22H34N8O16P2.2Na/c1-2-3-9(31)8-4-29(28-27-8)5-10-13(32)15(34)17(36)21(44-10)45-48(40,41)46-47(38,39)42-6-11-14(33)16(35)20(43-11)30-7-24-12-18(30)25-22(23)26-19(12)37;;/h4,7,9-11,13-17,20-21,31-36H,2-3,5-6H2,1H3,(H,38,39)(H,40,41)(H3,23,25,26,37);;/q;2*+1/p-2/t9?,10-,11+,13+,14+,15+,16+,17-,20+,21+;;/m0../s1. The summed E-state index contributed by atoms with van der Waals surface area (Å²) in [4.78, 5) is 47.0. The number of aliphatic hydroxyl groups excluding tert-OH is 6. The Morgan fingerprint density at radius 3 is 2.40 bits per heavy atom. The van der Waals surface area contributed by atoms with Crippen molar-refractivity contribution >= 4 is 32.8 Å². The number of nitrogens with two attached hydrogens (primary N) is 1. The van der Waals surface area contributed by atoms with Gasteiger partial charge >= 0.3 is 59.1 Å². The number of aromatic amines is 1. The number of aliphatic hydroxyl groups is 6. The molecule has 0 aromatic carbocycles. The minimum absolute atomic E-state index is 0. The number of phosphoric acid groups is 2. The van der Waals surface area contributed by atoms with E-state index in [9.17, 15) is 54.4 Å². The molecule has 0 amide bonds. The largest absolute Gasteiger partial charge is 1.00 e. The predicted molar refractivity (Wildman–Crippen MR) is 148 cm³/mol. The molecule has 28 heteroatoms. The third-order valence-electron chi connectivity index (χ3n) is 7.39. The molecule has 0 radical (unpaired) electrons. The van der Waals surface area contributed by atoms with Gasteiger partial charge in [-0.25, -0.2) is 14.0 Å². The van der Waals surface area contributed by atoms with Gasteiger partial charge in [0.15, 0.2) is 23.7 Å². The molecule has 268 valence electrons. The van der Waals surface area contributed by atoms with E-state index in [1.54, 1.807) is 0 Å². The fourth-order valence-corrected chi connectivity index (χ4v) is 7.08. The molecular weight excluding hydrogens is 740 g/mol. The second-order valence-electron chi connectivity index (χ2n) is 10.9. The van der Waals surface area contributed by atoms with E-state index in [1.165, 1.54) is 6.20 Å². The number of H-pyrrole nitrogens is 1. The van der Waals surface area contributed by atoms with Gasteiger partial charge in [-0.2, -0.15) is 4.98 Å². The minimum Gasteiger partial charge on any atom is -0.756 e. The molecule has 2 fully saturated rings. The number of nitrogen functional groups attached to an aromatic ring is 1. The number of rotatable bonds is 13. The number of aromatic nitrogens is 7. The fourth-order valence-electron chi connectivity index (χ4n) is 5.00. The number of fused-ring (bicyclic) bond motifs is 1. The van der Waals surface area contributed by atoms with E-state index in [4.69, 9.17) is 15.2 Å². The maximum absolute atomic E-state index is 12.5. The minimum atomic E-state index is -5.98. The van der Waals surface area contributed by atoms with Gasteiger partial charge in [-0.1, -0.05) is 18.6 Å². The SMILES string of the molecule is CCCC(O)c1cn(C[C@@H]2O[C@H](OP(=O)([O-])OP(=O)([O-])OC[C@H]3O[C@@H](n4cnc5c(=O)[nH]c(N)nc54)[C@H](O)[C@@H]3O)[C@@H](O)[C@H](O)[C@@H]2O)nn1.[Na+].[Na+]. The molecule has 0 bridgehead atoms. The first-order chi connectivity index (χ1) is 22.5. The van der Waals surface area contributed by atoms with E-state index in [-0.39, 0.29) is 88.5 Å². The number of nitrogens with zero attached hydrogens (tertiary/aromatic N) is 6. The quantitative estimate of drug-likeness (QED) is 0.0590. The van der Waals surface area contributed by atoms with Crippen LogP contribution in [0.3, 0.4) is 0 Å². The van der Waals surface area contributed by atoms with E-state index in [1.807, 2.05) is 6.92 Å². The van der Waals surface area contributed by atoms with Gasteiger partial charge in [0.1, 0.15) is 48.4 Å². The molecule has 5 heterocycles. The molecule has 2 saturated heterocycles. The first-order valence-corrected chi connectivity index (χ1v) is 17.1. The summed E-state index contributed by atoms with van der Waals surface area (Å²) in [5.74, 6) is -0.296. The van der Waals surface area contributed by atoms with Crippen LogP contribution in [0.2, 0.25) is 0 Å². The fraction of sp³-hybridized carbons (Fsp3) is 0.682. The first kappa shape index (κ1) is 43.6. The summed E-state index contributed by atoms with van der Waals surface area (Å²) >= 11 is 0. The number of hydrogen-bond donors (Lipinski definition) is 8. The molecule has 3 unspecified atom stereocenters. The average Bonchev–Trinajstić information content (AvgIpc) is 3.71. The maximum atomic E-state index is 12.5. The molecular formula is C22H32N8Na2O16P2. The number of phosphoric ester groups is 2. The second kappa shape index (κ2) is 17.6. The van der Waals surface area contributed by atoms with Crippen molar-refractivity contribution in [3.05, 3.63) is 28.6 Å². The van der Waals surface area contributed by atoms with E-state index in [0.717, 1.165) is 15.6 Å². The molecule has 3 aromatic rings. The molecule has 0 saturated carbocycles. The van der Waals surface area contributed by atoms with Crippen molar-refractivity contribution in [3.63, 3.8) is 0 Å². The Balaban J connectivity index is 0.00000338. The number of imidazole rings is 1. The van der Waals surface area contributed by atoms with Crippen LogP contribution < -0.4 is 80.2 Å². The van der Waals surface area contributed by atoms with Crippen molar-refractivity contribution in [1.29, 1.82) is 0 Å². The Morgan fingerprint density at radius 2 is 1.72 bits per heavy atom. The molecule has 0 aliphatic carbocycles. The summed E-state index contributed by atoms with van der Waals surface area (Å²) in [6.45, 7) is 0.361.